The van der Waals surface area contributed by atoms with Crippen molar-refractivity contribution in [2.45, 2.75) is 52.0 Å². The van der Waals surface area contributed by atoms with E-state index in [2.05, 4.69) is 20.9 Å². The van der Waals surface area contributed by atoms with E-state index in [4.69, 9.17) is 5.73 Å². The van der Waals surface area contributed by atoms with E-state index in [0.29, 0.717) is 12.6 Å². The van der Waals surface area contributed by atoms with Crippen LogP contribution in [0.15, 0.2) is 6.07 Å². The molecule has 1 heterocycles. The Morgan fingerprint density at radius 3 is 2.56 bits per heavy atom. The minimum atomic E-state index is 0.607. The zero-order valence-electron chi connectivity index (χ0n) is 11.5. The van der Waals surface area contributed by atoms with Gasteiger partial charge in [-0.05, 0) is 26.7 Å². The Bertz CT molecular complexity index is 365. The van der Waals surface area contributed by atoms with Crippen molar-refractivity contribution < 1.29 is 0 Å². The Hall–Kier alpha value is -1.16. The molecule has 18 heavy (non-hydrogen) atoms. The van der Waals surface area contributed by atoms with Crippen LogP contribution in [0.2, 0.25) is 0 Å². The van der Waals surface area contributed by atoms with Crippen molar-refractivity contribution in [3.63, 3.8) is 0 Å². The van der Waals surface area contributed by atoms with Gasteiger partial charge < -0.3 is 10.6 Å². The molecular formula is C14H24N4. The van der Waals surface area contributed by atoms with Crippen molar-refractivity contribution in [2.75, 3.05) is 18.0 Å². The highest BCUT2D eigenvalue weighted by molar-refractivity contribution is 5.41. The van der Waals surface area contributed by atoms with Gasteiger partial charge in [0.15, 0.2) is 0 Å². The van der Waals surface area contributed by atoms with Crippen LogP contribution in [-0.4, -0.2) is 29.1 Å². The van der Waals surface area contributed by atoms with E-state index in [-0.39, 0.29) is 0 Å². The third-order valence-corrected chi connectivity index (χ3v) is 3.63. The molecule has 2 N–H and O–H groups in total. The lowest BCUT2D eigenvalue weighted by Gasteiger charge is -2.35. The van der Waals surface area contributed by atoms with E-state index in [9.17, 15) is 0 Å². The lowest BCUT2D eigenvalue weighted by atomic mass is 9.94. The number of rotatable bonds is 4. The van der Waals surface area contributed by atoms with Crippen LogP contribution >= 0.6 is 0 Å². The van der Waals surface area contributed by atoms with Crippen molar-refractivity contribution in [1.29, 1.82) is 0 Å². The summed E-state index contributed by atoms with van der Waals surface area (Å²) in [4.78, 5) is 11.3. The Balaban J connectivity index is 2.22. The largest absolute Gasteiger partial charge is 0.352 e. The van der Waals surface area contributed by atoms with Gasteiger partial charge in [-0.2, -0.15) is 0 Å². The topological polar surface area (TPSA) is 55.0 Å². The average molecular weight is 248 g/mol. The number of hydrogen-bond donors (Lipinski definition) is 1. The van der Waals surface area contributed by atoms with Crippen LogP contribution in [-0.2, 0) is 0 Å². The molecule has 0 unspecified atom stereocenters. The molecule has 0 aromatic carbocycles. The van der Waals surface area contributed by atoms with Gasteiger partial charge in [0.1, 0.15) is 11.6 Å². The maximum absolute atomic E-state index is 5.76. The first-order chi connectivity index (χ1) is 8.70. The van der Waals surface area contributed by atoms with Crippen molar-refractivity contribution in [3.8, 4) is 0 Å². The van der Waals surface area contributed by atoms with Crippen LogP contribution in [0.3, 0.4) is 0 Å². The van der Waals surface area contributed by atoms with Crippen LogP contribution in [0.5, 0.6) is 0 Å². The first kappa shape index (κ1) is 13.3. The molecule has 4 nitrogen and oxygen atoms in total. The van der Waals surface area contributed by atoms with Gasteiger partial charge in [0.25, 0.3) is 0 Å². The maximum Gasteiger partial charge on any atom is 0.132 e. The zero-order valence-corrected chi connectivity index (χ0v) is 11.5. The van der Waals surface area contributed by atoms with Crippen molar-refractivity contribution >= 4 is 5.82 Å². The highest BCUT2D eigenvalue weighted by Crippen LogP contribution is 2.26. The summed E-state index contributed by atoms with van der Waals surface area (Å²) in [5.41, 5.74) is 6.80. The fourth-order valence-corrected chi connectivity index (χ4v) is 2.86. The van der Waals surface area contributed by atoms with Gasteiger partial charge in [0.05, 0.1) is 0 Å². The van der Waals surface area contributed by atoms with Gasteiger partial charge in [-0.15, -0.1) is 0 Å². The maximum atomic E-state index is 5.76. The normalized spacial score (nSPS) is 16.8. The number of hydrogen-bond acceptors (Lipinski definition) is 4. The molecule has 100 valence electrons. The molecule has 2 rings (SSSR count). The van der Waals surface area contributed by atoms with Gasteiger partial charge in [-0.1, -0.05) is 19.3 Å². The second-order valence-corrected chi connectivity index (χ2v) is 5.19. The fourth-order valence-electron chi connectivity index (χ4n) is 2.86. The summed E-state index contributed by atoms with van der Waals surface area (Å²) in [6.45, 7) is 5.55. The van der Waals surface area contributed by atoms with Gasteiger partial charge in [-0.3, -0.25) is 0 Å². The van der Waals surface area contributed by atoms with E-state index < -0.39 is 0 Å². The van der Waals surface area contributed by atoms with Gasteiger partial charge >= 0.3 is 0 Å². The molecule has 0 aliphatic heterocycles. The van der Waals surface area contributed by atoms with Gasteiger partial charge in [0.2, 0.25) is 0 Å². The lowest BCUT2D eigenvalue weighted by molar-refractivity contribution is 0.414. The van der Waals surface area contributed by atoms with E-state index in [1.165, 1.54) is 32.1 Å². The summed E-state index contributed by atoms with van der Waals surface area (Å²) in [6, 6.07) is 2.69. The average Bonchev–Trinajstić information content (AvgIpc) is 2.36. The smallest absolute Gasteiger partial charge is 0.132 e. The number of nitrogens with two attached hydrogens (primary N) is 1. The summed E-state index contributed by atoms with van der Waals surface area (Å²) < 4.78 is 0. The van der Waals surface area contributed by atoms with Crippen LogP contribution in [0.4, 0.5) is 5.82 Å². The summed E-state index contributed by atoms with van der Waals surface area (Å²) in [5, 5.41) is 0. The monoisotopic (exact) mass is 248 g/mol. The standard InChI is InChI=1S/C14H24N4/c1-11-10-14(17-12(2)16-11)18(9-8-15)13-6-4-3-5-7-13/h10,13H,3-9,15H2,1-2H3. The molecule has 1 aromatic heterocycles. The highest BCUT2D eigenvalue weighted by atomic mass is 15.2. The Morgan fingerprint density at radius 1 is 1.22 bits per heavy atom. The highest BCUT2D eigenvalue weighted by Gasteiger charge is 2.22. The summed E-state index contributed by atoms with van der Waals surface area (Å²) in [5.74, 6) is 1.90. The molecule has 0 atom stereocenters. The van der Waals surface area contributed by atoms with Crippen LogP contribution < -0.4 is 10.6 Å². The van der Waals surface area contributed by atoms with E-state index in [1.807, 2.05) is 13.8 Å². The summed E-state index contributed by atoms with van der Waals surface area (Å²) in [7, 11) is 0. The molecule has 1 aromatic rings. The molecule has 0 saturated heterocycles. The molecule has 0 amide bonds. The van der Waals surface area contributed by atoms with E-state index in [1.54, 1.807) is 0 Å². The third kappa shape index (κ3) is 3.19. The number of aromatic nitrogens is 2. The van der Waals surface area contributed by atoms with Crippen LogP contribution in [0, 0.1) is 13.8 Å². The Morgan fingerprint density at radius 2 is 1.94 bits per heavy atom. The van der Waals surface area contributed by atoms with Gasteiger partial charge in [-0.25, -0.2) is 9.97 Å². The molecule has 1 aliphatic carbocycles. The lowest BCUT2D eigenvalue weighted by Crippen LogP contribution is -2.40. The minimum absolute atomic E-state index is 0.607. The predicted octanol–water partition coefficient (Wildman–Crippen LogP) is 2.19. The SMILES string of the molecule is Cc1cc(N(CCN)C2CCCCC2)nc(C)n1. The molecule has 0 bridgehead atoms. The minimum Gasteiger partial charge on any atom is -0.352 e. The molecule has 0 spiro atoms. The van der Waals surface area contributed by atoms with Crippen molar-refractivity contribution in [3.05, 3.63) is 17.6 Å². The number of anilines is 1. The Labute approximate surface area is 110 Å². The van der Waals surface area contributed by atoms with Crippen LogP contribution in [0.1, 0.15) is 43.6 Å². The fraction of sp³-hybridized carbons (Fsp3) is 0.714. The zero-order chi connectivity index (χ0) is 13.0. The predicted molar refractivity (Wildman–Crippen MR) is 74.8 cm³/mol. The molecular weight excluding hydrogens is 224 g/mol. The third-order valence-electron chi connectivity index (χ3n) is 3.63. The quantitative estimate of drug-likeness (QED) is 0.887. The molecule has 1 aliphatic rings. The van der Waals surface area contributed by atoms with E-state index >= 15 is 0 Å². The summed E-state index contributed by atoms with van der Waals surface area (Å²) >= 11 is 0. The molecule has 1 saturated carbocycles. The molecule has 1 fully saturated rings. The second kappa shape index (κ2) is 6.14. The second-order valence-electron chi connectivity index (χ2n) is 5.19. The Kier molecular flexibility index (Phi) is 4.53. The van der Waals surface area contributed by atoms with E-state index in [0.717, 1.165) is 23.9 Å². The first-order valence-corrected chi connectivity index (χ1v) is 6.99. The first-order valence-electron chi connectivity index (χ1n) is 6.99. The number of nitrogens with zero attached hydrogens (tertiary/aromatic N) is 3. The van der Waals surface area contributed by atoms with Crippen LogP contribution in [0.25, 0.3) is 0 Å². The molecule has 4 heteroatoms. The number of aryl methyl sites for hydroxylation is 2. The summed E-state index contributed by atoms with van der Waals surface area (Å²) in [6.07, 6.45) is 6.56. The van der Waals surface area contributed by atoms with Crippen molar-refractivity contribution in [1.82, 2.24) is 9.97 Å². The van der Waals surface area contributed by atoms with Gasteiger partial charge in [0, 0.05) is 30.9 Å². The molecule has 0 radical (unpaired) electrons. The van der Waals surface area contributed by atoms with Crippen molar-refractivity contribution in [2.24, 2.45) is 5.73 Å².